The Hall–Kier alpha value is -4.50. The van der Waals surface area contributed by atoms with Gasteiger partial charge >= 0.3 is 6.09 Å². The van der Waals surface area contributed by atoms with Crippen molar-refractivity contribution in [2.45, 2.75) is 89.8 Å². The van der Waals surface area contributed by atoms with Gasteiger partial charge in [-0.25, -0.2) is 9.18 Å². The predicted molar refractivity (Wildman–Crippen MR) is 180 cm³/mol. The Balaban J connectivity index is 0.000000546. The number of aliphatic hydroxyl groups is 1. The molecule has 0 bridgehead atoms. The van der Waals surface area contributed by atoms with Gasteiger partial charge in [0.2, 0.25) is 11.8 Å². The summed E-state index contributed by atoms with van der Waals surface area (Å²) in [6, 6.07) is 21.5. The first-order valence-corrected chi connectivity index (χ1v) is 16.2. The van der Waals surface area contributed by atoms with Crippen LogP contribution in [-0.2, 0) is 40.3 Å². The highest BCUT2D eigenvalue weighted by Gasteiger charge is 2.40. The molecule has 2 heterocycles. The van der Waals surface area contributed by atoms with Gasteiger partial charge in [-0.15, -0.1) is 6.58 Å². The van der Waals surface area contributed by atoms with Crippen molar-refractivity contribution in [2.75, 3.05) is 6.54 Å². The molecule has 2 N–H and O–H groups in total. The van der Waals surface area contributed by atoms with Gasteiger partial charge in [-0.2, -0.15) is 0 Å². The van der Waals surface area contributed by atoms with Crippen LogP contribution < -0.4 is 5.32 Å². The molecule has 3 aromatic carbocycles. The number of ether oxygens (including phenoxy) is 1. The van der Waals surface area contributed by atoms with Crippen molar-refractivity contribution in [2.24, 2.45) is 0 Å². The first kappa shape index (κ1) is 35.4. The maximum absolute atomic E-state index is 13.9. The number of aliphatic hydroxyl groups excluding tert-OH is 1. The van der Waals surface area contributed by atoms with E-state index in [1.165, 1.54) is 17.0 Å². The molecule has 250 valence electrons. The van der Waals surface area contributed by atoms with Crippen LogP contribution in [0.4, 0.5) is 9.18 Å². The Bertz CT molecular complexity index is 1510. The topological polar surface area (TPSA) is 99.2 Å². The number of hydrogen-bond donors (Lipinski definition) is 2. The fourth-order valence-electron chi connectivity index (χ4n) is 5.94. The van der Waals surface area contributed by atoms with E-state index >= 15 is 0 Å². The lowest BCUT2D eigenvalue weighted by Gasteiger charge is -2.38. The van der Waals surface area contributed by atoms with Gasteiger partial charge in [-0.1, -0.05) is 72.8 Å². The molecule has 5 rings (SSSR count). The number of rotatable bonds is 8. The Morgan fingerprint density at radius 1 is 0.979 bits per heavy atom. The van der Waals surface area contributed by atoms with Gasteiger partial charge in [0, 0.05) is 25.4 Å². The molecular formula is C38H46FN3O5. The lowest BCUT2D eigenvalue weighted by Crippen LogP contribution is -2.58. The number of nitrogens with zero attached hydrogens (tertiary/aromatic N) is 2. The summed E-state index contributed by atoms with van der Waals surface area (Å²) < 4.78 is 19.2. The van der Waals surface area contributed by atoms with Crippen molar-refractivity contribution in [3.05, 3.63) is 120 Å². The van der Waals surface area contributed by atoms with Crippen molar-refractivity contribution in [3.8, 4) is 0 Å². The number of fused-ring (bicyclic) bond motifs is 1. The number of hydrogen-bond acceptors (Lipinski definition) is 5. The molecule has 3 aromatic rings. The summed E-state index contributed by atoms with van der Waals surface area (Å²) in [6.45, 7) is 10.1. The zero-order valence-corrected chi connectivity index (χ0v) is 27.5. The first-order valence-electron chi connectivity index (χ1n) is 16.2. The molecule has 2 aliphatic heterocycles. The predicted octanol–water partition coefficient (Wildman–Crippen LogP) is 5.96. The molecule has 3 atom stereocenters. The largest absolute Gasteiger partial charge is 0.444 e. The number of benzene rings is 3. The van der Waals surface area contributed by atoms with Crippen LogP contribution in [0.25, 0.3) is 0 Å². The van der Waals surface area contributed by atoms with Crippen LogP contribution in [0.2, 0.25) is 0 Å². The van der Waals surface area contributed by atoms with Gasteiger partial charge < -0.3 is 20.1 Å². The first-order chi connectivity index (χ1) is 22.5. The molecular weight excluding hydrogens is 597 g/mol. The second kappa shape index (κ2) is 16.4. The monoisotopic (exact) mass is 643 g/mol. The highest BCUT2D eigenvalue weighted by molar-refractivity contribution is 5.92. The molecule has 1 fully saturated rings. The zero-order valence-electron chi connectivity index (χ0n) is 27.5. The third-order valence-corrected chi connectivity index (χ3v) is 8.27. The number of amides is 3. The van der Waals surface area contributed by atoms with Crippen LogP contribution in [0.1, 0.15) is 62.3 Å². The minimum Gasteiger partial charge on any atom is -0.444 e. The standard InChI is InChI=1S/C31H38FN3O4.C7H8O/c1-5-9-25-12-8-17-34(25)29(37)26(18-21-13-15-24(32)16-14-21)33-28(36)27-19-22-10-6-7-11-23(22)20-35(27)30(38)39-31(2,3)4;8-6-7-4-2-1-3-5-7/h5-7,10-11,13-16,25-27H,1,8-9,12,17-20H2,2-4H3,(H,33,36);1-5,8H,6H2. The molecule has 3 amide bonds. The van der Waals surface area contributed by atoms with Gasteiger partial charge in [0.15, 0.2) is 0 Å². The number of halogens is 1. The lowest BCUT2D eigenvalue weighted by molar-refractivity contribution is -0.138. The second-order valence-electron chi connectivity index (χ2n) is 13.0. The van der Waals surface area contributed by atoms with Crippen LogP contribution in [0.5, 0.6) is 0 Å². The summed E-state index contributed by atoms with van der Waals surface area (Å²) in [5.74, 6) is -0.975. The SMILES string of the molecule is C=CCC1CCCN1C(=O)C(Cc1ccc(F)cc1)NC(=O)C1Cc2ccccc2CN1C(=O)OC(C)(C)C.OCc1ccccc1. The number of carbonyl (C=O) groups excluding carboxylic acids is 3. The van der Waals surface area contributed by atoms with E-state index in [2.05, 4.69) is 11.9 Å². The lowest BCUT2D eigenvalue weighted by atomic mass is 9.93. The minimum atomic E-state index is -0.869. The van der Waals surface area contributed by atoms with E-state index in [0.29, 0.717) is 19.4 Å². The molecule has 47 heavy (non-hydrogen) atoms. The molecule has 1 saturated heterocycles. The highest BCUT2D eigenvalue weighted by Crippen LogP contribution is 2.27. The van der Waals surface area contributed by atoms with E-state index in [4.69, 9.17) is 9.84 Å². The Labute approximate surface area is 277 Å². The summed E-state index contributed by atoms with van der Waals surface area (Å²) in [5.41, 5.74) is 2.90. The van der Waals surface area contributed by atoms with E-state index in [-0.39, 0.29) is 37.3 Å². The summed E-state index contributed by atoms with van der Waals surface area (Å²) in [6.07, 6.45) is 4.17. The molecule has 0 aromatic heterocycles. The number of nitrogens with one attached hydrogen (secondary N) is 1. The van der Waals surface area contributed by atoms with Gasteiger partial charge in [0.25, 0.3) is 0 Å². The summed E-state index contributed by atoms with van der Waals surface area (Å²) in [5, 5.41) is 11.5. The average Bonchev–Trinajstić information content (AvgIpc) is 3.52. The van der Waals surface area contributed by atoms with Gasteiger partial charge in [0.05, 0.1) is 13.2 Å². The highest BCUT2D eigenvalue weighted by atomic mass is 19.1. The minimum absolute atomic E-state index is 0.0300. The second-order valence-corrected chi connectivity index (χ2v) is 13.0. The third-order valence-electron chi connectivity index (χ3n) is 8.27. The van der Waals surface area contributed by atoms with Crippen molar-refractivity contribution in [3.63, 3.8) is 0 Å². The van der Waals surface area contributed by atoms with Crippen LogP contribution in [0, 0.1) is 5.82 Å². The van der Waals surface area contributed by atoms with Crippen LogP contribution in [-0.4, -0.2) is 63.1 Å². The molecule has 0 radical (unpaired) electrons. The van der Waals surface area contributed by atoms with Gasteiger partial charge in [0.1, 0.15) is 23.5 Å². The van der Waals surface area contributed by atoms with Crippen molar-refractivity contribution >= 4 is 17.9 Å². The normalized spacial score (nSPS) is 17.9. The van der Waals surface area contributed by atoms with Gasteiger partial charge in [-0.3, -0.25) is 14.5 Å². The fraction of sp³-hybridized carbons (Fsp3) is 0.395. The van der Waals surface area contributed by atoms with E-state index in [1.807, 2.05) is 65.6 Å². The van der Waals surface area contributed by atoms with E-state index in [9.17, 15) is 18.8 Å². The molecule has 3 unspecified atom stereocenters. The molecule has 8 nitrogen and oxygen atoms in total. The van der Waals surface area contributed by atoms with Crippen molar-refractivity contribution in [1.29, 1.82) is 0 Å². The average molecular weight is 644 g/mol. The molecule has 0 spiro atoms. The Morgan fingerprint density at radius 3 is 2.26 bits per heavy atom. The fourth-order valence-corrected chi connectivity index (χ4v) is 5.94. The number of carbonyl (C=O) groups is 3. The van der Waals surface area contributed by atoms with Gasteiger partial charge in [-0.05, 0) is 74.4 Å². The molecule has 2 aliphatic rings. The maximum atomic E-state index is 13.9. The van der Waals surface area contributed by atoms with Crippen LogP contribution >= 0.6 is 0 Å². The van der Waals surface area contributed by atoms with E-state index < -0.39 is 29.7 Å². The maximum Gasteiger partial charge on any atom is 0.411 e. The smallest absolute Gasteiger partial charge is 0.411 e. The van der Waals surface area contributed by atoms with Crippen molar-refractivity contribution in [1.82, 2.24) is 15.1 Å². The van der Waals surface area contributed by atoms with E-state index in [1.54, 1.807) is 32.9 Å². The summed E-state index contributed by atoms with van der Waals surface area (Å²) >= 11 is 0. The summed E-state index contributed by atoms with van der Waals surface area (Å²) in [4.78, 5) is 44.2. The quantitative estimate of drug-likeness (QED) is 0.295. The van der Waals surface area contributed by atoms with Crippen LogP contribution in [0.15, 0.2) is 91.5 Å². The molecule has 0 saturated carbocycles. The molecule has 9 heteroatoms. The van der Waals surface area contributed by atoms with Crippen LogP contribution in [0.3, 0.4) is 0 Å². The Kier molecular flexibility index (Phi) is 12.3. The zero-order chi connectivity index (χ0) is 34.0. The molecule has 0 aliphatic carbocycles. The summed E-state index contributed by atoms with van der Waals surface area (Å²) in [7, 11) is 0. The van der Waals surface area contributed by atoms with Crippen molar-refractivity contribution < 1.29 is 28.6 Å². The van der Waals surface area contributed by atoms with E-state index in [0.717, 1.165) is 35.1 Å². The third kappa shape index (κ3) is 9.99. The number of likely N-dealkylation sites (tertiary alicyclic amines) is 1. The Morgan fingerprint density at radius 2 is 1.64 bits per heavy atom.